The number of halogens is 6. The van der Waals surface area contributed by atoms with Gasteiger partial charge < -0.3 is 46.3 Å². The number of furan rings is 3. The molecule has 0 radical (unpaired) electrons. The van der Waals surface area contributed by atoms with Crippen LogP contribution in [0.5, 0.6) is 5.75 Å². The zero-order valence-corrected chi connectivity index (χ0v) is 82.4. The smallest absolute Gasteiger partial charge is 0.496 e. The molecular weight excluding hydrogens is 1990 g/mol. The van der Waals surface area contributed by atoms with Gasteiger partial charge in [-0.2, -0.15) is 0 Å². The van der Waals surface area contributed by atoms with Gasteiger partial charge in [-0.1, -0.05) is 250 Å². The minimum absolute atomic E-state index is 0.301. The Hall–Kier alpha value is -10.2. The molecule has 0 atom stereocenters. The minimum Gasteiger partial charge on any atom is -0.507 e. The van der Waals surface area contributed by atoms with Crippen LogP contribution < -0.4 is 5.46 Å². The van der Waals surface area contributed by atoms with Gasteiger partial charge in [0.25, 0.3) is 0 Å². The molecule has 3 aromatic heterocycles. The maximum absolute atomic E-state index is 10.4. The number of phenolic OH excluding ortho intramolecular Hbond substituents is 1. The van der Waals surface area contributed by atoms with Crippen molar-refractivity contribution in [1.29, 1.82) is 0 Å². The first-order chi connectivity index (χ1) is 62.7. The predicted molar refractivity (Wildman–Crippen MR) is 565 cm³/mol. The standard InChI is InChI=1S/C26H23BO3.C26H15BrO.C20H11BrO.C20H13BrO.C12H24B2O4.C6H4BrI.CH3F/c1-25(2)26(3,4)30-27(29-25)24-19-12-8-7-11-18(19)15-22-23(24)20-13-16-9-5-6-10-17(16)14-21(20)28-22;27-20-11-9-16(10-12-20)25-21-8-4-3-7-19(21)15-24-26(25)22-13-17-5-1-2-6-18(17)14-23(22)28-24;21-20-15-8-4-3-7-14(15)11-18-19(20)16-9-12-5-1-2-6-13(12)10-17(16)22-18;21-20-16-8-4-3-5-13(16)9-10-17(20)18-11-14-6-1-2-7-15(14)12-19(18)22;1-9(2)10(3,4)16-13(15-9)14-17-11(5,6)12(7,8)18-14;7-5-1-3-6(8)4-2-5;1-2/h5-15H,1-4H3;1-15H;1-11H;1-12,22H;1-8H3;1-4H;1H3/i;;;;;;1D. The van der Waals surface area contributed by atoms with Crippen molar-refractivity contribution in [3.05, 3.63) is 343 Å². The lowest BCUT2D eigenvalue weighted by atomic mass is 9.49. The number of fused-ring (bicyclic) bond motifs is 17. The fraction of sp³-hybridized carbons (Fsp3) is 0.171. The van der Waals surface area contributed by atoms with Crippen molar-refractivity contribution < 1.29 is 52.0 Å². The van der Waals surface area contributed by atoms with Gasteiger partial charge in [0, 0.05) is 75.9 Å². The van der Waals surface area contributed by atoms with Crippen molar-refractivity contribution >= 4 is 265 Å². The molecule has 3 saturated heterocycles. The van der Waals surface area contributed by atoms with Gasteiger partial charge in [0.1, 0.15) is 39.2 Å². The zero-order chi connectivity index (χ0) is 91.8. The van der Waals surface area contributed by atoms with Crippen LogP contribution in [0.25, 0.3) is 174 Å². The molecule has 0 unspecified atom stereocenters. The van der Waals surface area contributed by atoms with Crippen molar-refractivity contribution in [2.45, 2.75) is 117 Å². The van der Waals surface area contributed by atoms with Crippen LogP contribution in [0.4, 0.5) is 4.39 Å². The average Bonchev–Trinajstić information content (AvgIpc) is 1.61. The lowest BCUT2D eigenvalue weighted by molar-refractivity contribution is 0.00578. The Kier molecular flexibility index (Phi) is 24.7. The molecule has 6 heterocycles. The molecule has 24 rings (SSSR count). The first-order valence-electron chi connectivity index (χ1n) is 43.9. The molecule has 0 spiro atoms. The second-order valence-electron chi connectivity index (χ2n) is 36.1. The van der Waals surface area contributed by atoms with Crippen LogP contribution >= 0.6 is 86.3 Å². The number of rotatable bonds is 4. The average molecular weight is 2090 g/mol. The summed E-state index contributed by atoms with van der Waals surface area (Å²) < 4.78 is 76.8. The van der Waals surface area contributed by atoms with Gasteiger partial charge >= 0.3 is 21.1 Å². The maximum atomic E-state index is 10.4. The summed E-state index contributed by atoms with van der Waals surface area (Å²) in [6.07, 6.45) is 0. The molecule has 3 aliphatic rings. The normalized spacial score (nSPS) is 15.8. The van der Waals surface area contributed by atoms with Crippen molar-refractivity contribution in [2.75, 3.05) is 7.15 Å². The van der Waals surface area contributed by atoms with E-state index in [-0.39, 0.29) is 22.4 Å². The molecule has 1 N–H and O–H groups in total. The van der Waals surface area contributed by atoms with E-state index < -0.39 is 39.5 Å². The summed E-state index contributed by atoms with van der Waals surface area (Å²) in [6.45, 7) is 24.6. The summed E-state index contributed by atoms with van der Waals surface area (Å²) >= 11 is 16.7. The van der Waals surface area contributed by atoms with Crippen LogP contribution in [-0.2, 0) is 27.9 Å². The Morgan fingerprint density at radius 1 is 0.292 bits per heavy atom. The molecule has 0 saturated carbocycles. The molecule has 648 valence electrons. The molecule has 21 aromatic rings. The summed E-state index contributed by atoms with van der Waals surface area (Å²) in [7, 11) is -2.41. The lowest BCUT2D eigenvalue weighted by Gasteiger charge is -2.32. The quantitative estimate of drug-likeness (QED) is 0.135. The van der Waals surface area contributed by atoms with Crippen LogP contribution in [0.15, 0.2) is 353 Å². The highest BCUT2D eigenvalue weighted by molar-refractivity contribution is 14.1. The zero-order valence-electron chi connectivity index (χ0n) is 74.9. The van der Waals surface area contributed by atoms with Gasteiger partial charge in [-0.25, -0.2) is 0 Å². The molecule has 3 aliphatic heterocycles. The van der Waals surface area contributed by atoms with Crippen molar-refractivity contribution in [3.8, 4) is 28.0 Å². The van der Waals surface area contributed by atoms with E-state index in [0.717, 1.165) is 122 Å². The Morgan fingerprint density at radius 3 is 1.04 bits per heavy atom. The number of hydrogen-bond acceptors (Lipinski definition) is 10. The van der Waals surface area contributed by atoms with Crippen LogP contribution in [-0.4, -0.2) is 67.0 Å². The fourth-order valence-corrected chi connectivity index (χ4v) is 19.6. The van der Waals surface area contributed by atoms with Crippen molar-refractivity contribution in [1.82, 2.24) is 0 Å². The van der Waals surface area contributed by atoms with Crippen LogP contribution in [0.3, 0.4) is 0 Å². The molecule has 18 aromatic carbocycles. The third kappa shape index (κ3) is 17.4. The fourth-order valence-electron chi connectivity index (χ4n) is 17.3. The maximum Gasteiger partial charge on any atom is 0.496 e. The topological polar surface area (TPSA) is 115 Å². The second-order valence-corrected chi connectivity index (χ2v) is 40.7. The molecule has 3 fully saturated rings. The number of benzene rings is 18. The number of hydrogen-bond donors (Lipinski definition) is 1. The number of aromatic hydroxyl groups is 1. The van der Waals surface area contributed by atoms with E-state index in [1.54, 1.807) is 0 Å². The molecule has 130 heavy (non-hydrogen) atoms. The number of phenols is 1. The molecular formula is C111H93B3Br4FIO10. The molecule has 19 heteroatoms. The Balaban J connectivity index is 0.000000108. The van der Waals surface area contributed by atoms with Gasteiger partial charge in [0.15, 0.2) is 0 Å². The van der Waals surface area contributed by atoms with E-state index in [4.69, 9.17) is 42.5 Å². The highest BCUT2D eigenvalue weighted by atomic mass is 127. The summed E-state index contributed by atoms with van der Waals surface area (Å²) in [5.41, 5.74) is 8.54. The Labute approximate surface area is 804 Å². The molecule has 0 bridgehead atoms. The van der Waals surface area contributed by atoms with E-state index >= 15 is 0 Å². The summed E-state index contributed by atoms with van der Waals surface area (Å²) in [6, 6.07) is 111. The first-order valence-corrected chi connectivity index (χ1v) is 47.4. The molecule has 0 aliphatic carbocycles. The highest BCUT2D eigenvalue weighted by Crippen LogP contribution is 2.49. The van der Waals surface area contributed by atoms with E-state index in [2.05, 4.69) is 381 Å². The lowest BCUT2D eigenvalue weighted by Crippen LogP contribution is -2.41. The summed E-state index contributed by atoms with van der Waals surface area (Å²) in [5, 5.41) is 36.1. The highest BCUT2D eigenvalue weighted by Gasteiger charge is 2.64. The van der Waals surface area contributed by atoms with Crippen LogP contribution in [0.2, 0.25) is 0 Å². The van der Waals surface area contributed by atoms with E-state index in [0.29, 0.717) is 5.75 Å². The van der Waals surface area contributed by atoms with Crippen molar-refractivity contribution in [3.63, 3.8) is 0 Å². The molecule has 0 amide bonds. The van der Waals surface area contributed by atoms with E-state index in [9.17, 15) is 9.50 Å². The van der Waals surface area contributed by atoms with Gasteiger partial charge in [0.2, 0.25) is 0 Å². The van der Waals surface area contributed by atoms with Gasteiger partial charge in [-0.3, -0.25) is 4.39 Å². The second kappa shape index (κ2) is 36.1. The van der Waals surface area contributed by atoms with Gasteiger partial charge in [-0.05, 0) is 332 Å². The summed E-state index contributed by atoms with van der Waals surface area (Å²) in [5.74, 6) is 0.301. The minimum atomic E-state index is -1.00. The monoisotopic (exact) mass is 2080 g/mol. The third-order valence-corrected chi connectivity index (χ3v) is 29.7. The number of alkyl halides is 1. The third-order valence-electron chi connectivity index (χ3n) is 26.2. The van der Waals surface area contributed by atoms with Crippen LogP contribution in [0.1, 0.15) is 84.5 Å². The SMILES string of the molecule is Brc1c2ccccc2cc2oc3cc4ccccc4cc3c12.Brc1ccc(-c2c3ccccc3cc3oc4cc5ccccc5cc4c23)cc1.Brc1ccc(I)cc1.CC1(C)OB(B2OC(C)(C)C(C)(C)O2)OC1(C)C.CC1(C)OB(c2c3ccccc3cc3oc4cc5ccccc5cc4c23)OC1(C)C.Oc1cc2ccccc2cc1-c1ccc2ccccc2c1Br.[2H]CF. The molecule has 10 nitrogen and oxygen atoms in total. The van der Waals surface area contributed by atoms with Crippen molar-refractivity contribution in [2.24, 2.45) is 0 Å². The van der Waals surface area contributed by atoms with Gasteiger partial charge in [0.05, 0.1) is 42.1 Å². The van der Waals surface area contributed by atoms with E-state index in [1.807, 2.05) is 110 Å². The van der Waals surface area contributed by atoms with Crippen LogP contribution in [0, 0.1) is 3.57 Å². The largest absolute Gasteiger partial charge is 0.507 e. The first kappa shape index (κ1) is 89.0. The summed E-state index contributed by atoms with van der Waals surface area (Å²) in [4.78, 5) is 0. The Morgan fingerprint density at radius 2 is 0.600 bits per heavy atom. The van der Waals surface area contributed by atoms with Gasteiger partial charge in [-0.15, -0.1) is 0 Å². The Bertz CT molecular complexity index is 7850. The predicted octanol–water partition coefficient (Wildman–Crippen LogP) is 33.2. The van der Waals surface area contributed by atoms with E-state index in [1.165, 1.54) is 79.3 Å².